The standard InChI is InChI=1S/C25H31Cl2N3O2/c1-16-9-10-22(23(27)24(16)30-11-4-5-12-30)32-19-13-18(14-19)15-29(3)25(31)28-21-8-6-7-20(26)17(21)2/h6-10,18-19H,4-5,11-15H2,1-3H3,(H,28,31). The van der Waals surface area contributed by atoms with Gasteiger partial charge in [0.25, 0.3) is 0 Å². The highest BCUT2D eigenvalue weighted by molar-refractivity contribution is 6.35. The fourth-order valence-electron chi connectivity index (χ4n) is 4.59. The van der Waals surface area contributed by atoms with Crippen LogP contribution in [0.3, 0.4) is 0 Å². The number of carbonyl (C=O) groups is 1. The van der Waals surface area contributed by atoms with Crippen molar-refractivity contribution < 1.29 is 9.53 Å². The maximum absolute atomic E-state index is 12.6. The molecule has 2 aromatic carbocycles. The fraction of sp³-hybridized carbons (Fsp3) is 0.480. The number of benzene rings is 2. The van der Waals surface area contributed by atoms with E-state index in [1.54, 1.807) is 4.90 Å². The Bertz CT molecular complexity index is 985. The molecule has 2 amide bonds. The number of nitrogens with zero attached hydrogens (tertiary/aromatic N) is 2. The molecule has 2 aliphatic rings. The number of hydrogen-bond acceptors (Lipinski definition) is 3. The van der Waals surface area contributed by atoms with Crippen molar-refractivity contribution in [3.05, 3.63) is 51.5 Å². The molecule has 0 bridgehead atoms. The van der Waals surface area contributed by atoms with Crippen LogP contribution in [-0.2, 0) is 0 Å². The summed E-state index contributed by atoms with van der Waals surface area (Å²) in [6, 6.07) is 9.47. The van der Waals surface area contributed by atoms with E-state index in [1.165, 1.54) is 18.4 Å². The molecule has 2 aromatic rings. The van der Waals surface area contributed by atoms with Crippen LogP contribution in [0.15, 0.2) is 30.3 Å². The van der Waals surface area contributed by atoms with E-state index < -0.39 is 0 Å². The summed E-state index contributed by atoms with van der Waals surface area (Å²) in [4.78, 5) is 16.7. The van der Waals surface area contributed by atoms with Gasteiger partial charge in [0.15, 0.2) is 0 Å². The van der Waals surface area contributed by atoms with E-state index >= 15 is 0 Å². The fourth-order valence-corrected chi connectivity index (χ4v) is 5.14. The van der Waals surface area contributed by atoms with Crippen molar-refractivity contribution in [3.8, 4) is 5.75 Å². The lowest BCUT2D eigenvalue weighted by Crippen LogP contribution is -2.43. The van der Waals surface area contributed by atoms with Gasteiger partial charge in [-0.1, -0.05) is 35.3 Å². The average Bonchev–Trinajstić information content (AvgIpc) is 3.25. The molecule has 32 heavy (non-hydrogen) atoms. The second-order valence-corrected chi connectivity index (χ2v) is 9.82. The van der Waals surface area contributed by atoms with Gasteiger partial charge in [-0.3, -0.25) is 0 Å². The van der Waals surface area contributed by atoms with Crippen molar-refractivity contribution in [1.29, 1.82) is 0 Å². The number of rotatable bonds is 6. The van der Waals surface area contributed by atoms with Gasteiger partial charge >= 0.3 is 6.03 Å². The van der Waals surface area contributed by atoms with Crippen LogP contribution >= 0.6 is 23.2 Å². The van der Waals surface area contributed by atoms with Crippen LogP contribution in [0.4, 0.5) is 16.2 Å². The smallest absolute Gasteiger partial charge is 0.321 e. The predicted octanol–water partition coefficient (Wildman–Crippen LogP) is 6.53. The lowest BCUT2D eigenvalue weighted by atomic mass is 9.82. The Kier molecular flexibility index (Phi) is 7.06. The van der Waals surface area contributed by atoms with E-state index in [0.717, 1.165) is 53.6 Å². The Balaban J connectivity index is 1.29. The second-order valence-electron chi connectivity index (χ2n) is 9.04. The first-order chi connectivity index (χ1) is 15.3. The van der Waals surface area contributed by atoms with Crippen molar-refractivity contribution in [3.63, 3.8) is 0 Å². The molecule has 1 saturated heterocycles. The summed E-state index contributed by atoms with van der Waals surface area (Å²) < 4.78 is 6.24. The molecule has 5 nitrogen and oxygen atoms in total. The van der Waals surface area contributed by atoms with E-state index in [-0.39, 0.29) is 12.1 Å². The van der Waals surface area contributed by atoms with Crippen molar-refractivity contribution in [2.24, 2.45) is 5.92 Å². The Hall–Kier alpha value is -2.11. The molecule has 0 atom stereocenters. The van der Waals surface area contributed by atoms with Crippen LogP contribution in [0.2, 0.25) is 10.0 Å². The van der Waals surface area contributed by atoms with Crippen LogP contribution in [0, 0.1) is 19.8 Å². The lowest BCUT2D eigenvalue weighted by Gasteiger charge is -2.38. The minimum atomic E-state index is -0.128. The van der Waals surface area contributed by atoms with E-state index in [9.17, 15) is 4.79 Å². The zero-order chi connectivity index (χ0) is 22.8. The maximum Gasteiger partial charge on any atom is 0.321 e. The number of urea groups is 1. The topological polar surface area (TPSA) is 44.8 Å². The minimum absolute atomic E-state index is 0.128. The van der Waals surface area contributed by atoms with Gasteiger partial charge in [0.1, 0.15) is 10.8 Å². The van der Waals surface area contributed by atoms with E-state index in [1.807, 2.05) is 38.2 Å². The normalized spacial score (nSPS) is 20.1. The van der Waals surface area contributed by atoms with Gasteiger partial charge in [-0.2, -0.15) is 0 Å². The first kappa shape index (κ1) is 23.1. The number of anilines is 2. The Morgan fingerprint density at radius 2 is 1.88 bits per heavy atom. The molecular weight excluding hydrogens is 445 g/mol. The summed E-state index contributed by atoms with van der Waals surface area (Å²) in [6.45, 7) is 6.80. The SMILES string of the molecule is Cc1ccc(OC2CC(CN(C)C(=O)Nc3cccc(Cl)c3C)C2)c(Cl)c1N1CCCC1. The summed E-state index contributed by atoms with van der Waals surface area (Å²) in [5.41, 5.74) is 3.92. The largest absolute Gasteiger partial charge is 0.489 e. The first-order valence-corrected chi connectivity index (χ1v) is 12.1. The number of ether oxygens (including phenoxy) is 1. The molecule has 0 spiro atoms. The molecule has 0 aromatic heterocycles. The number of aryl methyl sites for hydroxylation is 1. The molecule has 1 aliphatic carbocycles. The van der Waals surface area contributed by atoms with Gasteiger partial charge < -0.3 is 19.9 Å². The highest BCUT2D eigenvalue weighted by Gasteiger charge is 2.33. The van der Waals surface area contributed by atoms with Gasteiger partial charge in [-0.25, -0.2) is 4.79 Å². The van der Waals surface area contributed by atoms with Crippen LogP contribution in [0.5, 0.6) is 5.75 Å². The quantitative estimate of drug-likeness (QED) is 0.516. The molecule has 0 radical (unpaired) electrons. The molecule has 4 rings (SSSR count). The monoisotopic (exact) mass is 475 g/mol. The molecule has 1 heterocycles. The van der Waals surface area contributed by atoms with Crippen molar-refractivity contribution in [2.75, 3.05) is 36.9 Å². The molecule has 0 unspecified atom stereocenters. The van der Waals surface area contributed by atoms with Gasteiger partial charge in [0, 0.05) is 37.4 Å². The summed E-state index contributed by atoms with van der Waals surface area (Å²) in [5.74, 6) is 1.18. The zero-order valence-electron chi connectivity index (χ0n) is 19.0. The summed E-state index contributed by atoms with van der Waals surface area (Å²) in [5, 5.41) is 4.32. The maximum atomic E-state index is 12.6. The summed E-state index contributed by atoms with van der Waals surface area (Å²) in [6.07, 6.45) is 4.39. The summed E-state index contributed by atoms with van der Waals surface area (Å²) in [7, 11) is 1.82. The van der Waals surface area contributed by atoms with E-state index in [4.69, 9.17) is 27.9 Å². The molecule has 1 N–H and O–H groups in total. The molecule has 7 heteroatoms. The third-order valence-electron chi connectivity index (χ3n) is 6.58. The van der Waals surface area contributed by atoms with Gasteiger partial charge in [-0.15, -0.1) is 0 Å². The minimum Gasteiger partial charge on any atom is -0.489 e. The molecule has 2 fully saturated rings. The highest BCUT2D eigenvalue weighted by Crippen LogP contribution is 2.41. The Labute approximate surface area is 200 Å². The number of amides is 2. The number of halogens is 2. The Morgan fingerprint density at radius 3 is 2.59 bits per heavy atom. The third kappa shape index (κ3) is 4.94. The van der Waals surface area contributed by atoms with Crippen LogP contribution in [-0.4, -0.2) is 43.7 Å². The Morgan fingerprint density at radius 1 is 1.16 bits per heavy atom. The number of nitrogens with one attached hydrogen (secondary N) is 1. The predicted molar refractivity (Wildman–Crippen MR) is 133 cm³/mol. The third-order valence-corrected chi connectivity index (χ3v) is 7.35. The second kappa shape index (κ2) is 9.80. The molecule has 172 valence electrons. The van der Waals surface area contributed by atoms with Gasteiger partial charge in [0.05, 0.1) is 11.8 Å². The van der Waals surface area contributed by atoms with Crippen LogP contribution in [0.1, 0.15) is 36.8 Å². The van der Waals surface area contributed by atoms with Crippen LogP contribution in [0.25, 0.3) is 0 Å². The molecule has 1 saturated carbocycles. The molecule has 1 aliphatic heterocycles. The average molecular weight is 476 g/mol. The van der Waals surface area contributed by atoms with Gasteiger partial charge in [0.2, 0.25) is 0 Å². The van der Waals surface area contributed by atoms with Gasteiger partial charge in [-0.05, 0) is 74.8 Å². The lowest BCUT2D eigenvalue weighted by molar-refractivity contribution is 0.0533. The van der Waals surface area contributed by atoms with Crippen molar-refractivity contribution in [1.82, 2.24) is 4.90 Å². The zero-order valence-corrected chi connectivity index (χ0v) is 20.5. The van der Waals surface area contributed by atoms with Crippen molar-refractivity contribution in [2.45, 2.75) is 45.6 Å². The first-order valence-electron chi connectivity index (χ1n) is 11.3. The number of carbonyl (C=O) groups excluding carboxylic acids is 1. The number of hydrogen-bond donors (Lipinski definition) is 1. The molecular formula is C25H31Cl2N3O2. The van der Waals surface area contributed by atoms with E-state index in [0.29, 0.717) is 17.5 Å². The van der Waals surface area contributed by atoms with E-state index in [2.05, 4.69) is 23.2 Å². The highest BCUT2D eigenvalue weighted by atomic mass is 35.5. The van der Waals surface area contributed by atoms with Crippen molar-refractivity contribution >= 4 is 40.6 Å². The summed E-state index contributed by atoms with van der Waals surface area (Å²) >= 11 is 12.9. The van der Waals surface area contributed by atoms with Crippen LogP contribution < -0.4 is 15.0 Å².